The van der Waals surface area contributed by atoms with Crippen LogP contribution in [0, 0.1) is 0 Å². The Bertz CT molecular complexity index is 490. The van der Waals surface area contributed by atoms with E-state index >= 15 is 0 Å². The smallest absolute Gasteiger partial charge is 0.424 e. The van der Waals surface area contributed by atoms with E-state index in [2.05, 4.69) is 9.97 Å². The van der Waals surface area contributed by atoms with Gasteiger partial charge in [0.1, 0.15) is 5.75 Å². The zero-order valence-corrected chi connectivity index (χ0v) is 9.37. The highest BCUT2D eigenvalue weighted by atomic mass is 35.5. The summed E-state index contributed by atoms with van der Waals surface area (Å²) in [4.78, 5) is 7.66. The largest absolute Gasteiger partial charge is 0.491 e. The Labute approximate surface area is 103 Å². The van der Waals surface area contributed by atoms with Crippen LogP contribution in [0.4, 0.5) is 0 Å². The Morgan fingerprint density at radius 3 is 2.18 bits per heavy atom. The Kier molecular flexibility index (Phi) is 3.58. The minimum Gasteiger partial charge on any atom is -0.424 e. The quantitative estimate of drug-likeness (QED) is 0.780. The van der Waals surface area contributed by atoms with E-state index in [4.69, 9.17) is 26.4 Å². The summed E-state index contributed by atoms with van der Waals surface area (Å²) in [6.07, 6.45) is 2.56. The molecule has 7 heteroatoms. The van der Waals surface area contributed by atoms with Crippen LogP contribution in [0.15, 0.2) is 36.7 Å². The van der Waals surface area contributed by atoms with E-state index in [1.54, 1.807) is 24.3 Å². The molecule has 2 N–H and O–H groups in total. The van der Waals surface area contributed by atoms with Gasteiger partial charge in [0.15, 0.2) is 0 Å². The number of rotatable bonds is 3. The summed E-state index contributed by atoms with van der Waals surface area (Å²) >= 11 is 5.73. The van der Waals surface area contributed by atoms with Crippen LogP contribution in [0.1, 0.15) is 0 Å². The van der Waals surface area contributed by atoms with Gasteiger partial charge in [0.2, 0.25) is 0 Å². The molecule has 0 unspecified atom stereocenters. The molecular formula is C10H8BClN2O3. The molecule has 2 aromatic rings. The average molecular weight is 250 g/mol. The lowest BCUT2D eigenvalue weighted by atomic mass is 9.83. The molecule has 0 amide bonds. The van der Waals surface area contributed by atoms with E-state index in [0.29, 0.717) is 10.8 Å². The van der Waals surface area contributed by atoms with Gasteiger partial charge in [-0.2, -0.15) is 0 Å². The maximum Gasteiger partial charge on any atom is 0.491 e. The van der Waals surface area contributed by atoms with Gasteiger partial charge in [-0.05, 0) is 24.3 Å². The van der Waals surface area contributed by atoms with Crippen LogP contribution in [-0.2, 0) is 0 Å². The van der Waals surface area contributed by atoms with Crippen molar-refractivity contribution in [3.63, 3.8) is 0 Å². The lowest BCUT2D eigenvalue weighted by Crippen LogP contribution is -2.30. The maximum atomic E-state index is 8.85. The van der Waals surface area contributed by atoms with E-state index in [1.807, 2.05) is 0 Å². The molecule has 0 saturated heterocycles. The number of benzene rings is 1. The van der Waals surface area contributed by atoms with Crippen molar-refractivity contribution >= 4 is 24.2 Å². The molecule has 0 spiro atoms. The molecular weight excluding hydrogens is 242 g/mol. The van der Waals surface area contributed by atoms with E-state index in [1.165, 1.54) is 12.4 Å². The molecule has 5 nitrogen and oxygen atoms in total. The zero-order valence-electron chi connectivity index (χ0n) is 8.62. The first-order chi connectivity index (χ1) is 8.15. The summed E-state index contributed by atoms with van der Waals surface area (Å²) in [7, 11) is -1.58. The first-order valence-corrected chi connectivity index (χ1v) is 5.14. The molecule has 0 fully saturated rings. The molecule has 1 aromatic carbocycles. The van der Waals surface area contributed by atoms with Crippen LogP contribution in [0.5, 0.6) is 11.8 Å². The van der Waals surface area contributed by atoms with Gasteiger partial charge in [-0.15, -0.1) is 0 Å². The maximum absolute atomic E-state index is 8.85. The molecule has 1 aromatic heterocycles. The lowest BCUT2D eigenvalue weighted by Gasteiger charge is -2.04. The van der Waals surface area contributed by atoms with Gasteiger partial charge in [-0.1, -0.05) is 11.6 Å². The molecule has 0 aliphatic rings. The van der Waals surface area contributed by atoms with E-state index in [0.717, 1.165) is 0 Å². The minimum absolute atomic E-state index is 0.122. The van der Waals surface area contributed by atoms with E-state index in [9.17, 15) is 0 Å². The summed E-state index contributed by atoms with van der Waals surface area (Å²) in [5.41, 5.74) is 0.202. The first kappa shape index (κ1) is 11.8. The van der Waals surface area contributed by atoms with Crippen LogP contribution in [0.3, 0.4) is 0 Å². The van der Waals surface area contributed by atoms with Crippen LogP contribution in [0.2, 0.25) is 5.02 Å². The van der Waals surface area contributed by atoms with Gasteiger partial charge in [-0.3, -0.25) is 0 Å². The Morgan fingerprint density at radius 1 is 1.06 bits per heavy atom. The average Bonchev–Trinajstić information content (AvgIpc) is 2.33. The number of nitrogens with zero attached hydrogens (tertiary/aromatic N) is 2. The number of hydrogen-bond acceptors (Lipinski definition) is 5. The predicted octanol–water partition coefficient (Wildman–Crippen LogP) is 0.602. The van der Waals surface area contributed by atoms with E-state index in [-0.39, 0.29) is 11.5 Å². The van der Waals surface area contributed by atoms with Crippen LogP contribution < -0.4 is 10.2 Å². The van der Waals surface area contributed by atoms with Crippen molar-refractivity contribution in [2.75, 3.05) is 0 Å². The van der Waals surface area contributed by atoms with Gasteiger partial charge in [0.25, 0.3) is 0 Å². The topological polar surface area (TPSA) is 75.5 Å². The SMILES string of the molecule is OB(O)c1cnc(Oc2ccc(Cl)cc2)nc1. The number of halogens is 1. The molecule has 1 heterocycles. The fourth-order valence-electron chi connectivity index (χ4n) is 1.12. The summed E-state index contributed by atoms with van der Waals surface area (Å²) in [6, 6.07) is 6.85. The summed E-state index contributed by atoms with van der Waals surface area (Å²) in [5.74, 6) is 0.548. The summed E-state index contributed by atoms with van der Waals surface area (Å²) in [6.45, 7) is 0. The van der Waals surface area contributed by atoms with Gasteiger partial charge >= 0.3 is 13.1 Å². The zero-order chi connectivity index (χ0) is 12.3. The molecule has 0 aliphatic carbocycles. The van der Waals surface area contributed by atoms with Crippen molar-refractivity contribution in [3.8, 4) is 11.8 Å². The third-order valence-electron chi connectivity index (χ3n) is 1.97. The normalized spacial score (nSPS) is 10.1. The Morgan fingerprint density at radius 2 is 1.65 bits per heavy atom. The second-order valence-electron chi connectivity index (χ2n) is 3.23. The molecule has 2 rings (SSSR count). The number of hydrogen-bond donors (Lipinski definition) is 2. The highest BCUT2D eigenvalue weighted by molar-refractivity contribution is 6.58. The fraction of sp³-hybridized carbons (Fsp3) is 0. The Hall–Kier alpha value is -1.63. The first-order valence-electron chi connectivity index (χ1n) is 4.76. The molecule has 0 atom stereocenters. The number of ether oxygens (including phenoxy) is 1. The van der Waals surface area contributed by atoms with Crippen LogP contribution in [-0.4, -0.2) is 27.1 Å². The molecule has 0 aliphatic heterocycles. The standard InChI is InChI=1S/C10H8BClN2O3/c12-8-1-3-9(4-2-8)17-10-13-5-7(6-14-10)11(15)16/h1-6,15-16H. The predicted molar refractivity (Wildman–Crippen MR) is 63.4 cm³/mol. The van der Waals surface area contributed by atoms with Crippen LogP contribution in [0.25, 0.3) is 0 Å². The highest BCUT2D eigenvalue weighted by Crippen LogP contribution is 2.19. The molecule has 0 saturated carbocycles. The summed E-state index contributed by atoms with van der Waals surface area (Å²) in [5, 5.41) is 18.3. The molecule has 17 heavy (non-hydrogen) atoms. The number of aromatic nitrogens is 2. The van der Waals surface area contributed by atoms with Crippen molar-refractivity contribution in [2.24, 2.45) is 0 Å². The second-order valence-corrected chi connectivity index (χ2v) is 3.67. The molecule has 0 bridgehead atoms. The Balaban J connectivity index is 2.11. The molecule has 0 radical (unpaired) electrons. The lowest BCUT2D eigenvalue weighted by molar-refractivity contribution is 0.423. The highest BCUT2D eigenvalue weighted by Gasteiger charge is 2.12. The van der Waals surface area contributed by atoms with Gasteiger partial charge in [0, 0.05) is 22.9 Å². The van der Waals surface area contributed by atoms with Crippen molar-refractivity contribution < 1.29 is 14.8 Å². The van der Waals surface area contributed by atoms with Crippen LogP contribution >= 0.6 is 11.6 Å². The van der Waals surface area contributed by atoms with Gasteiger partial charge in [0.05, 0.1) is 0 Å². The van der Waals surface area contributed by atoms with Gasteiger partial charge < -0.3 is 14.8 Å². The third-order valence-corrected chi connectivity index (χ3v) is 2.22. The van der Waals surface area contributed by atoms with Crippen molar-refractivity contribution in [2.45, 2.75) is 0 Å². The van der Waals surface area contributed by atoms with Gasteiger partial charge in [-0.25, -0.2) is 9.97 Å². The minimum atomic E-state index is -1.58. The van der Waals surface area contributed by atoms with Crippen molar-refractivity contribution in [1.82, 2.24) is 9.97 Å². The van der Waals surface area contributed by atoms with Crippen molar-refractivity contribution in [3.05, 3.63) is 41.7 Å². The van der Waals surface area contributed by atoms with Crippen molar-refractivity contribution in [1.29, 1.82) is 0 Å². The molecule has 86 valence electrons. The second kappa shape index (κ2) is 5.14. The fourth-order valence-corrected chi connectivity index (χ4v) is 1.25. The monoisotopic (exact) mass is 250 g/mol. The third kappa shape index (κ3) is 3.16. The van der Waals surface area contributed by atoms with E-state index < -0.39 is 7.12 Å². The summed E-state index contributed by atoms with van der Waals surface area (Å²) < 4.78 is 5.32.